The number of carbonyl (C=O) groups is 1. The molecule has 0 aliphatic rings. The van der Waals surface area contributed by atoms with Crippen LogP contribution in [0.1, 0.15) is 23.2 Å². The van der Waals surface area contributed by atoms with Crippen molar-refractivity contribution in [2.24, 2.45) is 0 Å². The van der Waals surface area contributed by atoms with Crippen molar-refractivity contribution in [3.8, 4) is 10.8 Å². The van der Waals surface area contributed by atoms with Crippen molar-refractivity contribution in [3.05, 3.63) is 46.3 Å². The zero-order valence-corrected chi connectivity index (χ0v) is 17.0. The predicted molar refractivity (Wildman–Crippen MR) is 103 cm³/mol. The van der Waals surface area contributed by atoms with Crippen molar-refractivity contribution >= 4 is 29.0 Å². The van der Waals surface area contributed by atoms with Crippen molar-refractivity contribution in [3.63, 3.8) is 0 Å². The Hall–Kier alpha value is -2.26. The first-order valence-corrected chi connectivity index (χ1v) is 9.97. The van der Waals surface area contributed by atoms with Gasteiger partial charge < -0.3 is 9.32 Å². The number of aryl methyl sites for hydroxylation is 2. The van der Waals surface area contributed by atoms with Crippen molar-refractivity contribution < 1.29 is 13.6 Å². The van der Waals surface area contributed by atoms with Crippen LogP contribution >= 0.6 is 23.1 Å². The lowest BCUT2D eigenvalue weighted by molar-refractivity contribution is -0.129. The van der Waals surface area contributed by atoms with Gasteiger partial charge in [0.05, 0.1) is 16.0 Å². The van der Waals surface area contributed by atoms with E-state index in [2.05, 4.69) is 15.2 Å². The minimum Gasteiger partial charge on any atom is -0.410 e. The summed E-state index contributed by atoms with van der Waals surface area (Å²) in [6.07, 6.45) is 0. The van der Waals surface area contributed by atoms with Crippen molar-refractivity contribution in [2.45, 2.75) is 37.8 Å². The van der Waals surface area contributed by atoms with Crippen LogP contribution in [0.3, 0.4) is 0 Å². The second-order valence-electron chi connectivity index (χ2n) is 6.10. The summed E-state index contributed by atoms with van der Waals surface area (Å²) >= 11 is 2.69. The highest BCUT2D eigenvalue weighted by molar-refractivity contribution is 8.00. The van der Waals surface area contributed by atoms with Crippen LogP contribution in [0.5, 0.6) is 0 Å². The van der Waals surface area contributed by atoms with E-state index in [-0.39, 0.29) is 11.7 Å². The first-order chi connectivity index (χ1) is 12.8. The summed E-state index contributed by atoms with van der Waals surface area (Å²) in [5.74, 6) is -0.00931. The maximum atomic E-state index is 13.3. The van der Waals surface area contributed by atoms with E-state index in [0.29, 0.717) is 17.7 Å². The number of halogens is 1. The van der Waals surface area contributed by atoms with Crippen LogP contribution in [-0.2, 0) is 11.3 Å². The highest BCUT2D eigenvalue weighted by Gasteiger charge is 2.23. The van der Waals surface area contributed by atoms with Gasteiger partial charge in [0.1, 0.15) is 10.7 Å². The third-order valence-corrected chi connectivity index (χ3v) is 5.80. The Morgan fingerprint density at radius 1 is 1.37 bits per heavy atom. The number of benzene rings is 1. The molecule has 1 atom stereocenters. The van der Waals surface area contributed by atoms with Gasteiger partial charge in [0.15, 0.2) is 0 Å². The Bertz CT molecular complexity index is 956. The van der Waals surface area contributed by atoms with Crippen LogP contribution in [0.2, 0.25) is 0 Å². The third-order valence-electron chi connectivity index (χ3n) is 3.81. The lowest BCUT2D eigenvalue weighted by Crippen LogP contribution is -2.32. The Morgan fingerprint density at radius 2 is 2.15 bits per heavy atom. The SMILES string of the molecule is Cc1nc(C)c(-c2nnc(S[C@H](C)C(=O)N(C)Cc3cccc(F)c3)o2)s1. The van der Waals surface area contributed by atoms with Crippen LogP contribution in [0.25, 0.3) is 10.8 Å². The second-order valence-corrected chi connectivity index (χ2v) is 8.60. The summed E-state index contributed by atoms with van der Waals surface area (Å²) in [6, 6.07) is 6.22. The molecule has 0 bridgehead atoms. The van der Waals surface area contributed by atoms with E-state index in [9.17, 15) is 9.18 Å². The molecule has 9 heteroatoms. The van der Waals surface area contributed by atoms with Crippen LogP contribution in [-0.4, -0.2) is 38.3 Å². The normalized spacial score (nSPS) is 12.2. The first kappa shape index (κ1) is 19.5. The number of thiazole rings is 1. The van der Waals surface area contributed by atoms with Gasteiger partial charge in [-0.05, 0) is 38.5 Å². The molecule has 1 amide bonds. The lowest BCUT2D eigenvalue weighted by atomic mass is 10.2. The number of carbonyl (C=O) groups excluding carboxylic acids is 1. The molecule has 2 aromatic heterocycles. The Morgan fingerprint density at radius 3 is 2.81 bits per heavy atom. The van der Waals surface area contributed by atoms with Crippen LogP contribution in [0.15, 0.2) is 33.9 Å². The van der Waals surface area contributed by atoms with E-state index < -0.39 is 5.25 Å². The molecule has 27 heavy (non-hydrogen) atoms. The zero-order chi connectivity index (χ0) is 19.6. The quantitative estimate of drug-likeness (QED) is 0.574. The molecule has 0 fully saturated rings. The molecule has 0 radical (unpaired) electrons. The molecule has 3 aromatic rings. The largest absolute Gasteiger partial charge is 0.410 e. The number of hydrogen-bond donors (Lipinski definition) is 0. The smallest absolute Gasteiger partial charge is 0.277 e. The second kappa shape index (κ2) is 8.18. The molecule has 6 nitrogen and oxygen atoms in total. The molecule has 0 aliphatic carbocycles. The van der Waals surface area contributed by atoms with Crippen LogP contribution < -0.4 is 0 Å². The molecule has 0 unspecified atom stereocenters. The molecule has 0 saturated carbocycles. The third kappa shape index (κ3) is 4.72. The monoisotopic (exact) mass is 406 g/mol. The molecular formula is C18H19FN4O2S2. The topological polar surface area (TPSA) is 72.1 Å². The maximum Gasteiger partial charge on any atom is 0.277 e. The van der Waals surface area contributed by atoms with Gasteiger partial charge in [0, 0.05) is 13.6 Å². The molecule has 3 rings (SSSR count). The lowest BCUT2D eigenvalue weighted by Gasteiger charge is -2.20. The summed E-state index contributed by atoms with van der Waals surface area (Å²) in [5, 5.41) is 8.93. The number of thioether (sulfide) groups is 1. The van der Waals surface area contributed by atoms with Gasteiger partial charge in [0.2, 0.25) is 5.91 Å². The average molecular weight is 407 g/mol. The number of nitrogens with zero attached hydrogens (tertiary/aromatic N) is 4. The fourth-order valence-corrected chi connectivity index (χ4v) is 4.22. The van der Waals surface area contributed by atoms with Gasteiger partial charge in [-0.15, -0.1) is 21.5 Å². The molecule has 1 aromatic carbocycles. The summed E-state index contributed by atoms with van der Waals surface area (Å²) in [5.41, 5.74) is 1.58. The van der Waals surface area contributed by atoms with E-state index in [1.165, 1.54) is 35.2 Å². The molecule has 0 spiro atoms. The Labute approximate surface area is 164 Å². The molecular weight excluding hydrogens is 387 g/mol. The highest BCUT2D eigenvalue weighted by Crippen LogP contribution is 2.31. The van der Waals surface area contributed by atoms with Crippen molar-refractivity contribution in [1.82, 2.24) is 20.1 Å². The standard InChI is InChI=1S/C18H19FN4O2S2/c1-10-15(27-12(3)20-10)16-21-22-18(25-16)26-11(2)17(24)23(4)9-13-6-5-7-14(19)8-13/h5-8,11H,9H2,1-4H3/t11-/m1/s1. The molecule has 0 aliphatic heterocycles. The van der Waals surface area contributed by atoms with Gasteiger partial charge in [-0.3, -0.25) is 4.79 Å². The van der Waals surface area contributed by atoms with Crippen LogP contribution in [0, 0.1) is 19.7 Å². The molecule has 2 heterocycles. The summed E-state index contributed by atoms with van der Waals surface area (Å²) < 4.78 is 19.0. The molecule has 0 saturated heterocycles. The van der Waals surface area contributed by atoms with Gasteiger partial charge in [-0.2, -0.15) is 0 Å². The van der Waals surface area contributed by atoms with Crippen molar-refractivity contribution in [2.75, 3.05) is 7.05 Å². The Balaban J connectivity index is 1.63. The fraction of sp³-hybridized carbons (Fsp3) is 0.333. The molecule has 0 N–H and O–H groups in total. The number of aromatic nitrogens is 3. The van der Waals surface area contributed by atoms with E-state index in [1.807, 2.05) is 13.8 Å². The van der Waals surface area contributed by atoms with Gasteiger partial charge in [-0.25, -0.2) is 9.37 Å². The number of amides is 1. The maximum absolute atomic E-state index is 13.3. The van der Waals surface area contributed by atoms with Crippen molar-refractivity contribution in [1.29, 1.82) is 0 Å². The molecule has 142 valence electrons. The highest BCUT2D eigenvalue weighted by atomic mass is 32.2. The summed E-state index contributed by atoms with van der Waals surface area (Å²) in [7, 11) is 1.69. The number of hydrogen-bond acceptors (Lipinski definition) is 7. The number of rotatable bonds is 6. The van der Waals surface area contributed by atoms with E-state index in [1.54, 1.807) is 31.0 Å². The zero-order valence-electron chi connectivity index (χ0n) is 15.4. The van der Waals surface area contributed by atoms with Crippen LogP contribution in [0.4, 0.5) is 4.39 Å². The van der Waals surface area contributed by atoms with E-state index in [0.717, 1.165) is 21.1 Å². The average Bonchev–Trinajstić information content (AvgIpc) is 3.19. The fourth-order valence-electron chi connectivity index (χ4n) is 2.58. The van der Waals surface area contributed by atoms with Gasteiger partial charge in [-0.1, -0.05) is 23.9 Å². The Kier molecular flexibility index (Phi) is 5.91. The first-order valence-electron chi connectivity index (χ1n) is 8.27. The van der Waals surface area contributed by atoms with Gasteiger partial charge in [0.25, 0.3) is 11.1 Å². The van der Waals surface area contributed by atoms with E-state index in [4.69, 9.17) is 4.42 Å². The minimum atomic E-state index is -0.416. The van der Waals surface area contributed by atoms with Gasteiger partial charge >= 0.3 is 0 Å². The van der Waals surface area contributed by atoms with E-state index >= 15 is 0 Å². The summed E-state index contributed by atoms with van der Waals surface area (Å²) in [6.45, 7) is 5.92. The minimum absolute atomic E-state index is 0.103. The predicted octanol–water partition coefficient (Wildman–Crippen LogP) is 4.09. The summed E-state index contributed by atoms with van der Waals surface area (Å²) in [4.78, 5) is 19.3.